The first-order valence-electron chi connectivity index (χ1n) is 8.00. The summed E-state index contributed by atoms with van der Waals surface area (Å²) in [6, 6.07) is 9.20. The van der Waals surface area contributed by atoms with E-state index in [1.165, 1.54) is 24.3 Å². The van der Waals surface area contributed by atoms with Gasteiger partial charge in [0.15, 0.2) is 5.69 Å². The third-order valence-corrected chi connectivity index (χ3v) is 3.79. The Kier molecular flexibility index (Phi) is 5.11. The number of nitro benzene ring substituents is 1. The van der Waals surface area contributed by atoms with Gasteiger partial charge in [0.2, 0.25) is 0 Å². The van der Waals surface area contributed by atoms with E-state index in [0.717, 1.165) is 5.56 Å². The minimum atomic E-state index is -0.490. The molecule has 138 valence electrons. The first-order chi connectivity index (χ1) is 12.9. The van der Waals surface area contributed by atoms with E-state index in [0.29, 0.717) is 22.9 Å². The number of carbonyl (C=O) groups is 1. The summed E-state index contributed by atoms with van der Waals surface area (Å²) >= 11 is 0. The van der Waals surface area contributed by atoms with Gasteiger partial charge in [-0.3, -0.25) is 14.9 Å². The van der Waals surface area contributed by atoms with Crippen LogP contribution in [0.3, 0.4) is 0 Å². The van der Waals surface area contributed by atoms with Gasteiger partial charge in [0.25, 0.3) is 11.6 Å². The van der Waals surface area contributed by atoms with Crippen molar-refractivity contribution in [2.75, 3.05) is 5.32 Å². The third-order valence-electron chi connectivity index (χ3n) is 3.79. The molecule has 0 aliphatic carbocycles. The number of hydrogen-bond acceptors (Lipinski definition) is 7. The highest BCUT2D eigenvalue weighted by Crippen LogP contribution is 2.21. The maximum atomic E-state index is 12.5. The van der Waals surface area contributed by atoms with E-state index in [9.17, 15) is 14.9 Å². The van der Waals surface area contributed by atoms with Crippen LogP contribution in [0.2, 0.25) is 0 Å². The Hall–Kier alpha value is -3.75. The zero-order valence-corrected chi connectivity index (χ0v) is 14.6. The molecule has 3 aromatic rings. The molecular formula is C18H16N4O5. The number of pyridine rings is 1. The lowest BCUT2D eigenvalue weighted by Crippen LogP contribution is -2.16. The number of nitrogens with one attached hydrogen (secondary N) is 1. The fraction of sp³-hybridized carbons (Fsp3) is 0.167. The molecule has 0 fully saturated rings. The number of nitrogens with zero attached hydrogens (tertiary/aromatic N) is 3. The number of benzene rings is 1. The highest BCUT2D eigenvalue weighted by atomic mass is 16.6. The largest absolute Gasteiger partial charge is 0.489 e. The fourth-order valence-electron chi connectivity index (χ4n) is 2.34. The number of ether oxygens (including phenoxy) is 1. The standard InChI is InChI=1S/C18H16N4O5/c1-11-7-8-19-16(9-11)20-18(23)17-15(12(2)27-21-17)10-26-14-5-3-13(4-6-14)22(24)25/h3-9H,10H2,1-2H3,(H,19,20,23). The van der Waals surface area contributed by atoms with E-state index < -0.39 is 10.8 Å². The van der Waals surface area contributed by atoms with E-state index in [2.05, 4.69) is 15.5 Å². The molecule has 0 bridgehead atoms. The van der Waals surface area contributed by atoms with Crippen LogP contribution in [0.5, 0.6) is 5.75 Å². The highest BCUT2D eigenvalue weighted by molar-refractivity contribution is 6.03. The smallest absolute Gasteiger partial charge is 0.279 e. The summed E-state index contributed by atoms with van der Waals surface area (Å²) in [5.41, 5.74) is 1.50. The lowest BCUT2D eigenvalue weighted by atomic mass is 10.2. The molecule has 0 saturated heterocycles. The van der Waals surface area contributed by atoms with Crippen molar-refractivity contribution in [1.82, 2.24) is 10.1 Å². The Morgan fingerprint density at radius 3 is 2.67 bits per heavy atom. The molecule has 27 heavy (non-hydrogen) atoms. The minimum Gasteiger partial charge on any atom is -0.489 e. The molecule has 0 aliphatic heterocycles. The Morgan fingerprint density at radius 1 is 1.26 bits per heavy atom. The predicted octanol–water partition coefficient (Wildman–Crippen LogP) is 3.43. The number of aromatic nitrogens is 2. The van der Waals surface area contributed by atoms with Crippen molar-refractivity contribution in [2.45, 2.75) is 20.5 Å². The van der Waals surface area contributed by atoms with Crippen LogP contribution in [0.15, 0.2) is 47.1 Å². The van der Waals surface area contributed by atoms with E-state index in [-0.39, 0.29) is 18.0 Å². The van der Waals surface area contributed by atoms with Crippen molar-refractivity contribution >= 4 is 17.4 Å². The molecule has 1 aromatic carbocycles. The molecule has 3 rings (SSSR count). The zero-order chi connectivity index (χ0) is 19.4. The van der Waals surface area contributed by atoms with Crippen LogP contribution in [0.4, 0.5) is 11.5 Å². The second kappa shape index (κ2) is 7.65. The molecule has 1 N–H and O–H groups in total. The Balaban J connectivity index is 1.72. The molecule has 0 radical (unpaired) electrons. The molecule has 0 atom stereocenters. The summed E-state index contributed by atoms with van der Waals surface area (Å²) in [7, 11) is 0. The third kappa shape index (κ3) is 4.27. The van der Waals surface area contributed by atoms with Gasteiger partial charge in [0, 0.05) is 18.3 Å². The number of amides is 1. The summed E-state index contributed by atoms with van der Waals surface area (Å²) < 4.78 is 10.7. The molecule has 2 aromatic heterocycles. The summed E-state index contributed by atoms with van der Waals surface area (Å²) in [6.07, 6.45) is 1.59. The predicted molar refractivity (Wildman–Crippen MR) is 95.6 cm³/mol. The van der Waals surface area contributed by atoms with Crippen LogP contribution in [0, 0.1) is 24.0 Å². The zero-order valence-electron chi connectivity index (χ0n) is 14.6. The lowest BCUT2D eigenvalue weighted by molar-refractivity contribution is -0.384. The quantitative estimate of drug-likeness (QED) is 0.522. The second-order valence-electron chi connectivity index (χ2n) is 5.78. The van der Waals surface area contributed by atoms with E-state index in [1.54, 1.807) is 19.2 Å². The average molecular weight is 368 g/mol. The maximum Gasteiger partial charge on any atom is 0.279 e. The summed E-state index contributed by atoms with van der Waals surface area (Å²) in [4.78, 5) is 26.8. The van der Waals surface area contributed by atoms with Crippen LogP contribution in [-0.2, 0) is 6.61 Å². The second-order valence-corrected chi connectivity index (χ2v) is 5.78. The van der Waals surface area contributed by atoms with Gasteiger partial charge in [0.05, 0.1) is 10.5 Å². The average Bonchev–Trinajstić information content (AvgIpc) is 3.01. The van der Waals surface area contributed by atoms with Crippen molar-refractivity contribution in [3.63, 3.8) is 0 Å². The number of aryl methyl sites for hydroxylation is 2. The van der Waals surface area contributed by atoms with Gasteiger partial charge in [-0.2, -0.15) is 0 Å². The summed E-state index contributed by atoms with van der Waals surface area (Å²) in [6.45, 7) is 3.58. The highest BCUT2D eigenvalue weighted by Gasteiger charge is 2.21. The van der Waals surface area contributed by atoms with Gasteiger partial charge in [-0.25, -0.2) is 4.98 Å². The van der Waals surface area contributed by atoms with Crippen molar-refractivity contribution in [2.24, 2.45) is 0 Å². The molecule has 1 amide bonds. The number of anilines is 1. The lowest BCUT2D eigenvalue weighted by Gasteiger charge is -2.07. The Bertz CT molecular complexity index is 982. The van der Waals surface area contributed by atoms with Crippen molar-refractivity contribution in [1.29, 1.82) is 0 Å². The van der Waals surface area contributed by atoms with Gasteiger partial charge in [-0.15, -0.1) is 0 Å². The summed E-state index contributed by atoms with van der Waals surface area (Å²) in [5, 5.41) is 17.2. The molecule has 0 saturated carbocycles. The topological polar surface area (TPSA) is 120 Å². The fourth-order valence-corrected chi connectivity index (χ4v) is 2.34. The van der Waals surface area contributed by atoms with Gasteiger partial charge in [0.1, 0.15) is 23.9 Å². The number of nitro groups is 1. The first kappa shape index (κ1) is 18.1. The van der Waals surface area contributed by atoms with E-state index >= 15 is 0 Å². The molecule has 2 heterocycles. The van der Waals surface area contributed by atoms with Gasteiger partial charge in [-0.1, -0.05) is 5.16 Å². The van der Waals surface area contributed by atoms with Crippen molar-refractivity contribution in [3.05, 3.63) is 75.3 Å². The van der Waals surface area contributed by atoms with Gasteiger partial charge >= 0.3 is 0 Å². The van der Waals surface area contributed by atoms with Crippen LogP contribution >= 0.6 is 0 Å². The molecule has 0 aliphatic rings. The number of non-ortho nitro benzene ring substituents is 1. The maximum absolute atomic E-state index is 12.5. The molecule has 0 spiro atoms. The van der Waals surface area contributed by atoms with Crippen molar-refractivity contribution in [3.8, 4) is 5.75 Å². The molecule has 9 nitrogen and oxygen atoms in total. The SMILES string of the molecule is Cc1ccnc(NC(=O)c2noc(C)c2COc2ccc([N+](=O)[O-])cc2)c1. The van der Waals surface area contributed by atoms with E-state index in [1.807, 2.05) is 13.0 Å². The monoisotopic (exact) mass is 368 g/mol. The van der Waals surface area contributed by atoms with Gasteiger partial charge in [-0.05, 0) is 43.7 Å². The van der Waals surface area contributed by atoms with Crippen LogP contribution in [-0.4, -0.2) is 21.0 Å². The van der Waals surface area contributed by atoms with Crippen LogP contribution < -0.4 is 10.1 Å². The van der Waals surface area contributed by atoms with Gasteiger partial charge < -0.3 is 14.6 Å². The number of hydrogen-bond donors (Lipinski definition) is 1. The van der Waals surface area contributed by atoms with Crippen LogP contribution in [0.1, 0.15) is 27.4 Å². The first-order valence-corrected chi connectivity index (χ1v) is 8.00. The molecular weight excluding hydrogens is 352 g/mol. The number of rotatable bonds is 6. The Labute approximate surface area is 154 Å². The molecule has 9 heteroatoms. The molecule has 0 unspecified atom stereocenters. The Morgan fingerprint density at radius 2 is 2.00 bits per heavy atom. The van der Waals surface area contributed by atoms with Crippen LogP contribution in [0.25, 0.3) is 0 Å². The minimum absolute atomic E-state index is 0.0249. The summed E-state index contributed by atoms with van der Waals surface area (Å²) in [5.74, 6) is 0.808. The van der Waals surface area contributed by atoms with E-state index in [4.69, 9.17) is 9.26 Å². The normalized spacial score (nSPS) is 10.4. The van der Waals surface area contributed by atoms with Crippen molar-refractivity contribution < 1.29 is 19.0 Å². The number of carbonyl (C=O) groups excluding carboxylic acids is 1.